The fraction of sp³-hybridized carbons (Fsp3) is 0.333. The molecule has 0 unspecified atom stereocenters. The molecular weight excluding hydrogens is 164 g/mol. The summed E-state index contributed by atoms with van der Waals surface area (Å²) in [5.41, 5.74) is 0. The fourth-order valence-corrected chi connectivity index (χ4v) is 0.428. The van der Waals surface area contributed by atoms with Crippen molar-refractivity contribution in [2.45, 2.75) is 4.83 Å². The first-order valence-corrected chi connectivity index (χ1v) is 2.53. The maximum Gasteiger partial charge on any atom is 0.339 e. The number of esters is 2. The normalized spacial score (nSPS) is 21.3. The minimum Gasteiger partial charge on any atom is -0.391 e. The van der Waals surface area contributed by atoms with Gasteiger partial charge in [0.1, 0.15) is 0 Å². The topological polar surface area (TPSA) is 43.4 Å². The lowest BCUT2D eigenvalue weighted by molar-refractivity contribution is -0.172. The van der Waals surface area contributed by atoms with Crippen LogP contribution < -0.4 is 0 Å². The highest BCUT2D eigenvalue weighted by atomic mass is 79.9. The van der Waals surface area contributed by atoms with Crippen molar-refractivity contribution in [1.82, 2.24) is 0 Å². The van der Waals surface area contributed by atoms with Crippen molar-refractivity contribution in [3.05, 3.63) is 0 Å². The van der Waals surface area contributed by atoms with Crippen LogP contribution >= 0.6 is 15.9 Å². The summed E-state index contributed by atoms with van der Waals surface area (Å²) < 4.78 is 3.93. The maximum absolute atomic E-state index is 9.95. The molecule has 0 saturated carbocycles. The van der Waals surface area contributed by atoms with Crippen LogP contribution in [-0.2, 0) is 14.3 Å². The Morgan fingerprint density at radius 2 is 1.86 bits per heavy atom. The minimum absolute atomic E-state index is 0.495. The largest absolute Gasteiger partial charge is 0.391 e. The molecule has 7 heavy (non-hydrogen) atoms. The average molecular weight is 165 g/mol. The molecule has 0 bridgehead atoms. The molecule has 0 amide bonds. The Balaban J connectivity index is 2.59. The molecule has 3 nitrogen and oxygen atoms in total. The zero-order valence-electron chi connectivity index (χ0n) is 3.18. The molecule has 38 valence electrons. The monoisotopic (exact) mass is 164 g/mol. The number of hydrogen-bond donors (Lipinski definition) is 0. The first-order valence-electron chi connectivity index (χ1n) is 1.61. The molecule has 1 heterocycles. The van der Waals surface area contributed by atoms with E-state index in [4.69, 9.17) is 0 Å². The number of alkyl halides is 1. The van der Waals surface area contributed by atoms with Crippen molar-refractivity contribution in [2.75, 3.05) is 0 Å². The molecule has 0 aromatic heterocycles. The first-order chi connectivity index (χ1) is 3.22. The lowest BCUT2D eigenvalue weighted by Crippen LogP contribution is -2.41. The molecule has 1 rings (SSSR count). The molecule has 4 heteroatoms. The second-order valence-corrected chi connectivity index (χ2v) is 2.02. The van der Waals surface area contributed by atoms with Crippen LogP contribution in [0.25, 0.3) is 0 Å². The number of cyclic esters (lactones) is 2. The Kier molecular flexibility index (Phi) is 0.883. The molecule has 0 aliphatic carbocycles. The second-order valence-electron chi connectivity index (χ2n) is 1.10. The molecule has 1 aliphatic heterocycles. The third-order valence-electron chi connectivity index (χ3n) is 0.615. The van der Waals surface area contributed by atoms with Crippen LogP contribution in [0.2, 0.25) is 0 Å². The summed E-state index contributed by atoms with van der Waals surface area (Å²) in [7, 11) is 0. The van der Waals surface area contributed by atoms with Crippen LogP contribution in [0.4, 0.5) is 0 Å². The summed E-state index contributed by atoms with van der Waals surface area (Å²) in [6.45, 7) is 0. The molecule has 0 spiro atoms. The van der Waals surface area contributed by atoms with Gasteiger partial charge >= 0.3 is 11.9 Å². The van der Waals surface area contributed by atoms with E-state index >= 15 is 0 Å². The van der Waals surface area contributed by atoms with E-state index in [1.807, 2.05) is 0 Å². The summed E-state index contributed by atoms with van der Waals surface area (Å²) in [6, 6.07) is 0. The van der Waals surface area contributed by atoms with Gasteiger partial charge in [0.2, 0.25) is 4.83 Å². The number of carbonyl (C=O) groups is 2. The van der Waals surface area contributed by atoms with Crippen LogP contribution in [0.3, 0.4) is 0 Å². The van der Waals surface area contributed by atoms with Gasteiger partial charge in [0, 0.05) is 0 Å². The van der Waals surface area contributed by atoms with Crippen LogP contribution in [0.5, 0.6) is 0 Å². The van der Waals surface area contributed by atoms with E-state index in [1.165, 1.54) is 0 Å². The molecule has 0 N–H and O–H groups in total. The highest BCUT2D eigenvalue weighted by Gasteiger charge is 2.39. The number of rotatable bonds is 0. The molecule has 1 fully saturated rings. The first kappa shape index (κ1) is 4.77. The third-order valence-corrected chi connectivity index (χ3v) is 1.36. The molecule has 0 atom stereocenters. The summed E-state index contributed by atoms with van der Waals surface area (Å²) in [6.07, 6.45) is 0. The van der Waals surface area contributed by atoms with Gasteiger partial charge in [-0.3, -0.25) is 0 Å². The standard InChI is InChI=1S/C3HBrO3/c4-1-2(5)7-3(1)6/h1H. The highest BCUT2D eigenvalue weighted by molar-refractivity contribution is 9.10. The Morgan fingerprint density at radius 3 is 1.86 bits per heavy atom. The van der Waals surface area contributed by atoms with Crippen molar-refractivity contribution >= 4 is 27.9 Å². The molecular formula is C3HBrO3. The number of hydrogen-bond acceptors (Lipinski definition) is 3. The Hall–Kier alpha value is -0.380. The Morgan fingerprint density at radius 1 is 1.43 bits per heavy atom. The van der Waals surface area contributed by atoms with E-state index in [0.717, 1.165) is 0 Å². The smallest absolute Gasteiger partial charge is 0.339 e. The Labute approximate surface area is 47.8 Å². The minimum atomic E-state index is -0.688. The highest BCUT2D eigenvalue weighted by Crippen LogP contribution is 2.13. The number of carbonyl (C=O) groups excluding carboxylic acids is 2. The predicted octanol–water partition coefficient (Wildman–Crippen LogP) is -0.167. The third kappa shape index (κ3) is 0.545. The molecule has 0 aromatic carbocycles. The lowest BCUT2D eigenvalue weighted by Gasteiger charge is -2.14. The van der Waals surface area contributed by atoms with Crippen LogP contribution in [0.1, 0.15) is 0 Å². The zero-order chi connectivity index (χ0) is 5.44. The van der Waals surface area contributed by atoms with E-state index in [2.05, 4.69) is 20.7 Å². The SMILES string of the molecule is O=C1OC(=O)C1Br. The summed E-state index contributed by atoms with van der Waals surface area (Å²) in [5.74, 6) is -0.991. The van der Waals surface area contributed by atoms with Crippen molar-refractivity contribution in [3.63, 3.8) is 0 Å². The quantitative estimate of drug-likeness (QED) is 0.284. The van der Waals surface area contributed by atoms with E-state index in [-0.39, 0.29) is 0 Å². The lowest BCUT2D eigenvalue weighted by atomic mass is 10.4. The molecule has 0 aromatic rings. The van der Waals surface area contributed by atoms with Gasteiger partial charge in [-0.25, -0.2) is 9.59 Å². The van der Waals surface area contributed by atoms with Crippen molar-refractivity contribution in [3.8, 4) is 0 Å². The fourth-order valence-electron chi connectivity index (χ4n) is 0.241. The predicted molar refractivity (Wildman–Crippen MR) is 23.8 cm³/mol. The molecule has 0 radical (unpaired) electrons. The van der Waals surface area contributed by atoms with Gasteiger partial charge in [0.25, 0.3) is 0 Å². The van der Waals surface area contributed by atoms with Crippen LogP contribution in [-0.4, -0.2) is 16.8 Å². The van der Waals surface area contributed by atoms with Crippen LogP contribution in [0, 0.1) is 0 Å². The molecule has 1 aliphatic rings. The second kappa shape index (κ2) is 1.30. The van der Waals surface area contributed by atoms with Gasteiger partial charge in [-0.05, 0) is 0 Å². The van der Waals surface area contributed by atoms with E-state index in [1.54, 1.807) is 0 Å². The van der Waals surface area contributed by atoms with Gasteiger partial charge in [-0.1, -0.05) is 15.9 Å². The summed E-state index contributed by atoms with van der Waals surface area (Å²) >= 11 is 2.77. The summed E-state index contributed by atoms with van der Waals surface area (Å²) in [5, 5.41) is 0. The average Bonchev–Trinajstić information content (AvgIpc) is 1.68. The summed E-state index contributed by atoms with van der Waals surface area (Å²) in [4.78, 5) is 19.2. The molecule has 1 saturated heterocycles. The van der Waals surface area contributed by atoms with E-state index in [0.29, 0.717) is 0 Å². The van der Waals surface area contributed by atoms with Gasteiger partial charge in [0.15, 0.2) is 0 Å². The zero-order valence-corrected chi connectivity index (χ0v) is 4.77. The number of ether oxygens (including phenoxy) is 1. The van der Waals surface area contributed by atoms with Crippen molar-refractivity contribution in [1.29, 1.82) is 0 Å². The van der Waals surface area contributed by atoms with Crippen molar-refractivity contribution in [2.24, 2.45) is 0 Å². The maximum atomic E-state index is 9.95. The van der Waals surface area contributed by atoms with E-state index < -0.39 is 16.8 Å². The van der Waals surface area contributed by atoms with E-state index in [9.17, 15) is 9.59 Å². The van der Waals surface area contributed by atoms with Gasteiger partial charge < -0.3 is 4.74 Å². The Bertz CT molecular complexity index is 116. The number of halogens is 1. The van der Waals surface area contributed by atoms with Gasteiger partial charge in [0.05, 0.1) is 0 Å². The van der Waals surface area contributed by atoms with Gasteiger partial charge in [-0.2, -0.15) is 0 Å². The van der Waals surface area contributed by atoms with Crippen LogP contribution in [0.15, 0.2) is 0 Å². The van der Waals surface area contributed by atoms with Crippen molar-refractivity contribution < 1.29 is 14.3 Å². The van der Waals surface area contributed by atoms with Gasteiger partial charge in [-0.15, -0.1) is 0 Å².